The fourth-order valence-electron chi connectivity index (χ4n) is 2.36. The maximum absolute atomic E-state index is 12.5. The van der Waals surface area contributed by atoms with Gasteiger partial charge in [0.1, 0.15) is 0 Å². The molecule has 0 unspecified atom stereocenters. The van der Waals surface area contributed by atoms with Crippen LogP contribution in [-0.2, 0) is 0 Å². The molecule has 18 heavy (non-hydrogen) atoms. The van der Waals surface area contributed by atoms with Crippen LogP contribution in [0.4, 0.5) is 0 Å². The van der Waals surface area contributed by atoms with Crippen LogP contribution >= 0.6 is 0 Å². The van der Waals surface area contributed by atoms with Crippen molar-refractivity contribution in [1.82, 2.24) is 4.90 Å². The molecule has 1 rings (SSSR count). The number of carbonyl (C=O) groups is 1. The average Bonchev–Trinajstić information content (AvgIpc) is 2.33. The highest BCUT2D eigenvalue weighted by Crippen LogP contribution is 2.22. The number of likely N-dealkylation sites (N-methyl/N-ethyl adjacent to an activating group) is 1. The van der Waals surface area contributed by atoms with Crippen molar-refractivity contribution in [3.8, 4) is 0 Å². The third-order valence-electron chi connectivity index (χ3n) is 3.91. The normalized spacial score (nSPS) is 11.1. The molecule has 1 aromatic rings. The van der Waals surface area contributed by atoms with Crippen LogP contribution in [0.2, 0.25) is 0 Å². The predicted molar refractivity (Wildman–Crippen MR) is 77.5 cm³/mol. The first-order valence-corrected chi connectivity index (χ1v) is 6.75. The predicted octanol–water partition coefficient (Wildman–Crippen LogP) is 3.44. The Kier molecular flexibility index (Phi) is 5.09. The molecule has 0 amide bonds. The van der Waals surface area contributed by atoms with E-state index >= 15 is 0 Å². The van der Waals surface area contributed by atoms with E-state index in [1.165, 1.54) is 11.1 Å². The lowest BCUT2D eigenvalue weighted by atomic mass is 9.91. The average molecular weight is 247 g/mol. The molecule has 0 aliphatic heterocycles. The zero-order chi connectivity index (χ0) is 13.9. The van der Waals surface area contributed by atoms with E-state index in [1.54, 1.807) is 0 Å². The molecule has 0 aliphatic rings. The topological polar surface area (TPSA) is 20.3 Å². The zero-order valence-corrected chi connectivity index (χ0v) is 12.6. The van der Waals surface area contributed by atoms with Gasteiger partial charge in [0, 0.05) is 5.56 Å². The first-order valence-electron chi connectivity index (χ1n) is 6.75. The van der Waals surface area contributed by atoms with Crippen LogP contribution in [0.15, 0.2) is 6.07 Å². The molecule has 0 aromatic heterocycles. The second-order valence-electron chi connectivity index (χ2n) is 5.02. The van der Waals surface area contributed by atoms with Gasteiger partial charge in [-0.15, -0.1) is 0 Å². The highest BCUT2D eigenvalue weighted by Gasteiger charge is 2.17. The molecule has 0 saturated heterocycles. The van der Waals surface area contributed by atoms with Gasteiger partial charge in [0.25, 0.3) is 0 Å². The molecule has 100 valence electrons. The summed E-state index contributed by atoms with van der Waals surface area (Å²) in [6.45, 7) is 14.8. The van der Waals surface area contributed by atoms with Crippen LogP contribution in [0.3, 0.4) is 0 Å². The number of Topliss-reactive ketones (excluding diaryl/α,β-unsaturated/α-hetero) is 1. The van der Waals surface area contributed by atoms with E-state index in [1.807, 2.05) is 0 Å². The minimum atomic E-state index is 0.250. The van der Waals surface area contributed by atoms with E-state index < -0.39 is 0 Å². The fourth-order valence-corrected chi connectivity index (χ4v) is 2.36. The second kappa shape index (κ2) is 6.14. The molecule has 0 atom stereocenters. The smallest absolute Gasteiger partial charge is 0.177 e. The monoisotopic (exact) mass is 247 g/mol. The molecule has 0 radical (unpaired) electrons. The molecular formula is C16H25NO. The van der Waals surface area contributed by atoms with Gasteiger partial charge < -0.3 is 0 Å². The third kappa shape index (κ3) is 2.99. The number of nitrogens with zero attached hydrogens (tertiary/aromatic N) is 1. The van der Waals surface area contributed by atoms with Crippen LogP contribution < -0.4 is 0 Å². The lowest BCUT2D eigenvalue weighted by molar-refractivity contribution is 0.0936. The van der Waals surface area contributed by atoms with Crippen LogP contribution in [0.25, 0.3) is 0 Å². The molecule has 0 spiro atoms. The Morgan fingerprint density at radius 1 is 1.00 bits per heavy atom. The molecule has 1 aromatic carbocycles. The number of hydrogen-bond acceptors (Lipinski definition) is 2. The van der Waals surface area contributed by atoms with Gasteiger partial charge in [-0.25, -0.2) is 0 Å². The molecule has 2 heteroatoms. The molecule has 0 bridgehead atoms. The quantitative estimate of drug-likeness (QED) is 0.743. The Morgan fingerprint density at radius 3 is 1.83 bits per heavy atom. The van der Waals surface area contributed by atoms with Gasteiger partial charge in [0.15, 0.2) is 5.78 Å². The van der Waals surface area contributed by atoms with Gasteiger partial charge >= 0.3 is 0 Å². The minimum Gasteiger partial charge on any atom is -0.296 e. The number of hydrogen-bond donors (Lipinski definition) is 0. The van der Waals surface area contributed by atoms with E-state index in [9.17, 15) is 4.79 Å². The van der Waals surface area contributed by atoms with E-state index in [0.717, 1.165) is 29.8 Å². The summed E-state index contributed by atoms with van der Waals surface area (Å²) >= 11 is 0. The van der Waals surface area contributed by atoms with E-state index in [-0.39, 0.29) is 5.78 Å². The van der Waals surface area contributed by atoms with Crippen molar-refractivity contribution in [3.63, 3.8) is 0 Å². The lowest BCUT2D eigenvalue weighted by Gasteiger charge is -2.20. The van der Waals surface area contributed by atoms with Crippen molar-refractivity contribution in [1.29, 1.82) is 0 Å². The Hall–Kier alpha value is -1.15. The van der Waals surface area contributed by atoms with Gasteiger partial charge in [-0.3, -0.25) is 9.69 Å². The van der Waals surface area contributed by atoms with Gasteiger partial charge in [-0.1, -0.05) is 19.9 Å². The molecule has 0 heterocycles. The SMILES string of the molecule is CCN(CC)CC(=O)c1c(C)c(C)cc(C)c1C. The van der Waals surface area contributed by atoms with Crippen molar-refractivity contribution < 1.29 is 4.79 Å². The number of benzene rings is 1. The summed E-state index contributed by atoms with van der Waals surface area (Å²) < 4.78 is 0. The summed E-state index contributed by atoms with van der Waals surface area (Å²) in [7, 11) is 0. The molecular weight excluding hydrogens is 222 g/mol. The summed E-state index contributed by atoms with van der Waals surface area (Å²) in [5.41, 5.74) is 5.62. The molecule has 0 N–H and O–H groups in total. The van der Waals surface area contributed by atoms with Crippen molar-refractivity contribution in [2.24, 2.45) is 0 Å². The Morgan fingerprint density at radius 2 is 1.44 bits per heavy atom. The third-order valence-corrected chi connectivity index (χ3v) is 3.91. The standard InChI is InChI=1S/C16H25NO/c1-7-17(8-2)10-15(18)16-13(5)11(3)9-12(4)14(16)6/h9H,7-8,10H2,1-6H3. The highest BCUT2D eigenvalue weighted by atomic mass is 16.1. The van der Waals surface area contributed by atoms with E-state index in [2.05, 4.69) is 52.5 Å². The van der Waals surface area contributed by atoms with Crippen LogP contribution in [0.1, 0.15) is 46.5 Å². The van der Waals surface area contributed by atoms with Gasteiger partial charge in [-0.05, 0) is 63.0 Å². The fraction of sp³-hybridized carbons (Fsp3) is 0.562. The highest BCUT2D eigenvalue weighted by molar-refractivity contribution is 6.00. The van der Waals surface area contributed by atoms with Crippen molar-refractivity contribution in [2.75, 3.05) is 19.6 Å². The zero-order valence-electron chi connectivity index (χ0n) is 12.6. The number of aryl methyl sites for hydroxylation is 2. The van der Waals surface area contributed by atoms with Gasteiger partial charge in [0.05, 0.1) is 6.54 Å². The largest absolute Gasteiger partial charge is 0.296 e. The van der Waals surface area contributed by atoms with Crippen molar-refractivity contribution in [3.05, 3.63) is 33.9 Å². The summed E-state index contributed by atoms with van der Waals surface area (Å²) in [6, 6.07) is 2.17. The van der Waals surface area contributed by atoms with Crippen molar-refractivity contribution in [2.45, 2.75) is 41.5 Å². The Balaban J connectivity index is 3.13. The maximum Gasteiger partial charge on any atom is 0.177 e. The molecule has 0 fully saturated rings. The van der Waals surface area contributed by atoms with Gasteiger partial charge in [0.2, 0.25) is 0 Å². The summed E-state index contributed by atoms with van der Waals surface area (Å²) in [5.74, 6) is 0.250. The molecule has 0 aliphatic carbocycles. The summed E-state index contributed by atoms with van der Waals surface area (Å²) in [6.07, 6.45) is 0. The number of carbonyl (C=O) groups excluding carboxylic acids is 1. The number of ketones is 1. The lowest BCUT2D eigenvalue weighted by Crippen LogP contribution is -2.30. The van der Waals surface area contributed by atoms with Crippen LogP contribution in [-0.4, -0.2) is 30.3 Å². The second-order valence-corrected chi connectivity index (χ2v) is 5.02. The van der Waals surface area contributed by atoms with Crippen LogP contribution in [0, 0.1) is 27.7 Å². The minimum absolute atomic E-state index is 0.250. The number of rotatable bonds is 5. The first kappa shape index (κ1) is 14.9. The Labute approximate surface area is 111 Å². The van der Waals surface area contributed by atoms with Crippen LogP contribution in [0.5, 0.6) is 0 Å². The summed E-state index contributed by atoms with van der Waals surface area (Å²) in [5, 5.41) is 0. The van der Waals surface area contributed by atoms with E-state index in [0.29, 0.717) is 6.54 Å². The molecule has 0 saturated carbocycles. The maximum atomic E-state index is 12.5. The molecule has 2 nitrogen and oxygen atoms in total. The Bertz CT molecular complexity index is 419. The summed E-state index contributed by atoms with van der Waals surface area (Å²) in [4.78, 5) is 14.6. The van der Waals surface area contributed by atoms with Crippen molar-refractivity contribution >= 4 is 5.78 Å². The van der Waals surface area contributed by atoms with E-state index in [4.69, 9.17) is 0 Å². The van der Waals surface area contributed by atoms with Gasteiger partial charge in [-0.2, -0.15) is 0 Å². The first-order chi connectivity index (χ1) is 8.42.